The van der Waals surface area contributed by atoms with E-state index >= 15 is 0 Å². The van der Waals surface area contributed by atoms with E-state index in [2.05, 4.69) is 0 Å². The number of halogens is 1. The molecule has 0 amide bonds. The minimum Gasteiger partial charge on any atom is -0.506 e. The van der Waals surface area contributed by atoms with Crippen molar-refractivity contribution >= 4 is 17.3 Å². The Kier molecular flexibility index (Phi) is 1.59. The highest BCUT2D eigenvalue weighted by Crippen LogP contribution is 2.32. The van der Waals surface area contributed by atoms with Gasteiger partial charge in [-0.2, -0.15) is 0 Å². The fourth-order valence-electron chi connectivity index (χ4n) is 0.566. The van der Waals surface area contributed by atoms with Crippen molar-refractivity contribution < 1.29 is 10.2 Å². The Labute approximate surface area is 62.7 Å². The zero-order chi connectivity index (χ0) is 7.72. The SMILES string of the molecule is Nc1cc(Cl)c(O)cc1O. The van der Waals surface area contributed by atoms with Crippen LogP contribution in [0.1, 0.15) is 0 Å². The number of aromatic hydroxyl groups is 2. The number of hydrogen-bond donors (Lipinski definition) is 3. The molecule has 0 atom stereocenters. The number of nitrogens with two attached hydrogens (primary N) is 1. The topological polar surface area (TPSA) is 66.5 Å². The van der Waals surface area contributed by atoms with Gasteiger partial charge >= 0.3 is 0 Å². The summed E-state index contributed by atoms with van der Waals surface area (Å²) in [7, 11) is 0. The molecule has 3 nitrogen and oxygen atoms in total. The monoisotopic (exact) mass is 159 g/mol. The number of benzene rings is 1. The fourth-order valence-corrected chi connectivity index (χ4v) is 0.738. The molecule has 54 valence electrons. The first kappa shape index (κ1) is 7.02. The normalized spacial score (nSPS) is 9.70. The Morgan fingerprint density at radius 1 is 1.20 bits per heavy atom. The third-order valence-corrected chi connectivity index (χ3v) is 1.40. The number of phenols is 2. The third-order valence-electron chi connectivity index (χ3n) is 1.10. The predicted molar refractivity (Wildman–Crippen MR) is 39.2 cm³/mol. The quantitative estimate of drug-likeness (QED) is 0.304. The molecular weight excluding hydrogens is 154 g/mol. The van der Waals surface area contributed by atoms with Crippen LogP contribution in [0, 0.1) is 0 Å². The summed E-state index contributed by atoms with van der Waals surface area (Å²) >= 11 is 5.44. The molecule has 10 heavy (non-hydrogen) atoms. The van der Waals surface area contributed by atoms with E-state index in [-0.39, 0.29) is 22.2 Å². The molecule has 4 N–H and O–H groups in total. The molecule has 0 spiro atoms. The molecule has 0 radical (unpaired) electrons. The van der Waals surface area contributed by atoms with E-state index in [1.807, 2.05) is 0 Å². The molecule has 0 fully saturated rings. The Morgan fingerprint density at radius 3 is 2.30 bits per heavy atom. The van der Waals surface area contributed by atoms with Gasteiger partial charge < -0.3 is 15.9 Å². The van der Waals surface area contributed by atoms with E-state index in [9.17, 15) is 0 Å². The van der Waals surface area contributed by atoms with Gasteiger partial charge in [0.25, 0.3) is 0 Å². The predicted octanol–water partition coefficient (Wildman–Crippen LogP) is 1.33. The molecule has 1 rings (SSSR count). The number of hydrogen-bond acceptors (Lipinski definition) is 3. The van der Waals surface area contributed by atoms with Crippen LogP contribution < -0.4 is 5.73 Å². The molecule has 0 aromatic heterocycles. The lowest BCUT2D eigenvalue weighted by Crippen LogP contribution is -1.84. The van der Waals surface area contributed by atoms with E-state index in [4.69, 9.17) is 27.5 Å². The van der Waals surface area contributed by atoms with Crippen LogP contribution in [-0.2, 0) is 0 Å². The molecule has 0 saturated heterocycles. The van der Waals surface area contributed by atoms with E-state index in [1.165, 1.54) is 6.07 Å². The molecule has 0 aliphatic heterocycles. The molecule has 1 aromatic rings. The van der Waals surface area contributed by atoms with E-state index < -0.39 is 0 Å². The van der Waals surface area contributed by atoms with Crippen LogP contribution in [0.3, 0.4) is 0 Å². The van der Waals surface area contributed by atoms with Crippen molar-refractivity contribution in [2.24, 2.45) is 0 Å². The van der Waals surface area contributed by atoms with Crippen molar-refractivity contribution in [3.8, 4) is 11.5 Å². The average Bonchev–Trinajstić information content (AvgIpc) is 1.84. The van der Waals surface area contributed by atoms with Crippen LogP contribution in [-0.4, -0.2) is 10.2 Å². The number of rotatable bonds is 0. The molecule has 0 unspecified atom stereocenters. The molecule has 0 aliphatic carbocycles. The first-order valence-corrected chi connectivity index (χ1v) is 2.96. The van der Waals surface area contributed by atoms with Gasteiger partial charge in [0.15, 0.2) is 0 Å². The second-order valence-corrected chi connectivity index (χ2v) is 2.27. The van der Waals surface area contributed by atoms with Crippen LogP contribution in [0.15, 0.2) is 12.1 Å². The van der Waals surface area contributed by atoms with Gasteiger partial charge in [0.05, 0.1) is 10.7 Å². The maximum Gasteiger partial charge on any atom is 0.142 e. The summed E-state index contributed by atoms with van der Waals surface area (Å²) in [4.78, 5) is 0. The average molecular weight is 160 g/mol. The minimum atomic E-state index is -0.173. The lowest BCUT2D eigenvalue weighted by molar-refractivity contribution is 0.452. The number of phenolic OH excluding ortho intramolecular Hbond substituents is 2. The van der Waals surface area contributed by atoms with Gasteiger partial charge in [0.1, 0.15) is 11.5 Å². The molecular formula is C6H6ClNO2. The summed E-state index contributed by atoms with van der Waals surface area (Å²) in [5.74, 6) is -0.338. The number of anilines is 1. The summed E-state index contributed by atoms with van der Waals surface area (Å²) in [6.07, 6.45) is 0. The molecule has 1 aromatic carbocycles. The van der Waals surface area contributed by atoms with Crippen LogP contribution in [0.5, 0.6) is 11.5 Å². The highest BCUT2D eigenvalue weighted by Gasteiger charge is 2.02. The highest BCUT2D eigenvalue weighted by molar-refractivity contribution is 6.32. The number of nitrogen functional groups attached to an aromatic ring is 1. The van der Waals surface area contributed by atoms with Crippen molar-refractivity contribution in [1.82, 2.24) is 0 Å². The second kappa shape index (κ2) is 2.27. The Bertz CT molecular complexity index is 212. The van der Waals surface area contributed by atoms with Crippen molar-refractivity contribution in [1.29, 1.82) is 0 Å². The van der Waals surface area contributed by atoms with E-state index in [0.717, 1.165) is 6.07 Å². The maximum absolute atomic E-state index is 8.88. The lowest BCUT2D eigenvalue weighted by Gasteiger charge is -1.99. The second-order valence-electron chi connectivity index (χ2n) is 1.86. The van der Waals surface area contributed by atoms with Gasteiger partial charge in [-0.3, -0.25) is 0 Å². The Balaban J connectivity index is 3.28. The van der Waals surface area contributed by atoms with Gasteiger partial charge in [0.2, 0.25) is 0 Å². The van der Waals surface area contributed by atoms with Crippen LogP contribution in [0.4, 0.5) is 5.69 Å². The lowest BCUT2D eigenvalue weighted by atomic mass is 10.3. The van der Waals surface area contributed by atoms with Crippen molar-refractivity contribution in [3.63, 3.8) is 0 Å². The van der Waals surface area contributed by atoms with Gasteiger partial charge in [-0.25, -0.2) is 0 Å². The highest BCUT2D eigenvalue weighted by atomic mass is 35.5. The van der Waals surface area contributed by atoms with E-state index in [0.29, 0.717) is 0 Å². The van der Waals surface area contributed by atoms with Crippen molar-refractivity contribution in [2.75, 3.05) is 5.73 Å². The smallest absolute Gasteiger partial charge is 0.142 e. The van der Waals surface area contributed by atoms with E-state index in [1.54, 1.807) is 0 Å². The molecule has 4 heteroatoms. The first-order valence-electron chi connectivity index (χ1n) is 2.58. The summed E-state index contributed by atoms with van der Waals surface area (Å²) in [6, 6.07) is 2.38. The van der Waals surface area contributed by atoms with Crippen molar-refractivity contribution in [3.05, 3.63) is 17.2 Å². The van der Waals surface area contributed by atoms with Crippen molar-refractivity contribution in [2.45, 2.75) is 0 Å². The molecule has 0 aliphatic rings. The van der Waals surface area contributed by atoms with Crippen LogP contribution in [0.2, 0.25) is 5.02 Å². The molecule has 0 saturated carbocycles. The minimum absolute atomic E-state index is 0.135. The summed E-state index contributed by atoms with van der Waals surface area (Å²) in [5.41, 5.74) is 5.40. The van der Waals surface area contributed by atoms with Gasteiger partial charge in [-0.1, -0.05) is 11.6 Å². The largest absolute Gasteiger partial charge is 0.506 e. The Morgan fingerprint density at radius 2 is 1.80 bits per heavy atom. The zero-order valence-electron chi connectivity index (χ0n) is 5.00. The summed E-state index contributed by atoms with van der Waals surface area (Å²) < 4.78 is 0. The van der Waals surface area contributed by atoms with Gasteiger partial charge in [-0.15, -0.1) is 0 Å². The van der Waals surface area contributed by atoms with Crippen LogP contribution >= 0.6 is 11.6 Å². The summed E-state index contributed by atoms with van der Waals surface area (Å²) in [6.45, 7) is 0. The molecule has 0 heterocycles. The standard InChI is InChI=1S/C6H6ClNO2/c7-3-1-4(8)6(10)2-5(3)9/h1-2,9-10H,8H2. The first-order chi connectivity index (χ1) is 4.61. The van der Waals surface area contributed by atoms with Gasteiger partial charge in [-0.05, 0) is 6.07 Å². The zero-order valence-corrected chi connectivity index (χ0v) is 5.76. The van der Waals surface area contributed by atoms with Crippen LogP contribution in [0.25, 0.3) is 0 Å². The van der Waals surface area contributed by atoms with Gasteiger partial charge in [0, 0.05) is 6.07 Å². The molecule has 0 bridgehead atoms. The summed E-state index contributed by atoms with van der Waals surface area (Å²) in [5, 5.41) is 17.9. The maximum atomic E-state index is 8.88. The fraction of sp³-hybridized carbons (Fsp3) is 0. The Hall–Kier alpha value is -1.09. The third kappa shape index (κ3) is 1.09.